The highest BCUT2D eigenvalue weighted by Gasteiger charge is 2.21. The van der Waals surface area contributed by atoms with Gasteiger partial charge < -0.3 is 5.32 Å². The van der Waals surface area contributed by atoms with Crippen molar-refractivity contribution in [3.8, 4) is 11.1 Å². The van der Waals surface area contributed by atoms with E-state index in [0.717, 1.165) is 33.4 Å². The van der Waals surface area contributed by atoms with Crippen molar-refractivity contribution in [2.24, 2.45) is 14.1 Å². The number of aryl methyl sites for hydroxylation is 4. The van der Waals surface area contributed by atoms with E-state index in [0.29, 0.717) is 18.8 Å². The van der Waals surface area contributed by atoms with Crippen LogP contribution in [0.4, 0.5) is 5.82 Å². The van der Waals surface area contributed by atoms with Crippen molar-refractivity contribution in [3.05, 3.63) is 69.8 Å². The van der Waals surface area contributed by atoms with Gasteiger partial charge in [0.1, 0.15) is 5.82 Å². The van der Waals surface area contributed by atoms with E-state index in [4.69, 9.17) is 5.10 Å². The first-order valence-corrected chi connectivity index (χ1v) is 10.4. The normalized spacial score (nSPS) is 11.3. The molecular formula is C24H27N5O2. The Morgan fingerprint density at radius 1 is 1.10 bits per heavy atom. The molecule has 31 heavy (non-hydrogen) atoms. The van der Waals surface area contributed by atoms with Gasteiger partial charge in [0.25, 0.3) is 0 Å². The summed E-state index contributed by atoms with van der Waals surface area (Å²) in [7, 11) is 3.61. The van der Waals surface area contributed by atoms with Gasteiger partial charge in [-0.2, -0.15) is 5.10 Å². The second-order valence-corrected chi connectivity index (χ2v) is 7.93. The van der Waals surface area contributed by atoms with Gasteiger partial charge in [-0.05, 0) is 37.1 Å². The minimum Gasteiger partial charge on any atom is -0.311 e. The fourth-order valence-electron chi connectivity index (χ4n) is 4.20. The molecule has 1 N–H and O–H groups in total. The minimum atomic E-state index is -0.156. The third-order valence-corrected chi connectivity index (χ3v) is 5.62. The molecule has 1 amide bonds. The van der Waals surface area contributed by atoms with Crippen molar-refractivity contribution in [3.63, 3.8) is 0 Å². The van der Waals surface area contributed by atoms with Crippen LogP contribution < -0.4 is 11.0 Å². The molecule has 2 heterocycles. The number of hydrogen-bond acceptors (Lipinski definition) is 3. The highest BCUT2D eigenvalue weighted by Crippen LogP contribution is 2.34. The number of imidazole rings is 1. The number of aromatic nitrogens is 4. The molecule has 0 radical (unpaired) electrons. The molecule has 0 saturated heterocycles. The maximum Gasteiger partial charge on any atom is 0.328 e. The van der Waals surface area contributed by atoms with E-state index < -0.39 is 0 Å². The van der Waals surface area contributed by atoms with Crippen LogP contribution in [0.1, 0.15) is 30.7 Å². The molecule has 0 fully saturated rings. The van der Waals surface area contributed by atoms with Gasteiger partial charge >= 0.3 is 5.69 Å². The summed E-state index contributed by atoms with van der Waals surface area (Å²) in [6, 6.07) is 14.3. The Bertz CT molecular complexity index is 1360. The second kappa shape index (κ2) is 7.91. The van der Waals surface area contributed by atoms with E-state index in [1.165, 1.54) is 12.5 Å². The minimum absolute atomic E-state index is 0.0390. The number of nitrogens with zero attached hydrogens (tertiary/aromatic N) is 4. The Kier molecular flexibility index (Phi) is 5.27. The van der Waals surface area contributed by atoms with Gasteiger partial charge in [0.2, 0.25) is 5.91 Å². The zero-order valence-electron chi connectivity index (χ0n) is 18.6. The van der Waals surface area contributed by atoms with Crippen molar-refractivity contribution < 1.29 is 4.79 Å². The summed E-state index contributed by atoms with van der Waals surface area (Å²) in [5.74, 6) is 0.492. The van der Waals surface area contributed by atoms with Crippen molar-refractivity contribution in [2.45, 2.75) is 33.7 Å². The molecule has 0 unspecified atom stereocenters. The zero-order valence-corrected chi connectivity index (χ0v) is 18.6. The first kappa shape index (κ1) is 20.7. The molecule has 0 aliphatic rings. The molecule has 7 heteroatoms. The average Bonchev–Trinajstić information content (AvgIpc) is 3.14. The lowest BCUT2D eigenvalue weighted by Gasteiger charge is -2.09. The van der Waals surface area contributed by atoms with Gasteiger partial charge in [0, 0.05) is 39.5 Å². The molecule has 2 aromatic carbocycles. The highest BCUT2D eigenvalue weighted by molar-refractivity contribution is 5.95. The van der Waals surface area contributed by atoms with Crippen LogP contribution in [0.3, 0.4) is 0 Å². The van der Waals surface area contributed by atoms with Gasteiger partial charge in [-0.3, -0.25) is 18.6 Å². The highest BCUT2D eigenvalue weighted by atomic mass is 16.2. The number of nitrogens with one attached hydrogen (secondary N) is 1. The van der Waals surface area contributed by atoms with E-state index >= 15 is 0 Å². The monoisotopic (exact) mass is 417 g/mol. The Balaban J connectivity index is 1.92. The van der Waals surface area contributed by atoms with Crippen LogP contribution in [0, 0.1) is 6.92 Å². The molecule has 2 aromatic heterocycles. The zero-order chi connectivity index (χ0) is 22.3. The maximum atomic E-state index is 12.6. The van der Waals surface area contributed by atoms with Crippen LogP contribution in [0.15, 0.2) is 47.3 Å². The Morgan fingerprint density at radius 3 is 2.55 bits per heavy atom. The lowest BCUT2D eigenvalue weighted by atomic mass is 9.99. The van der Waals surface area contributed by atoms with E-state index in [2.05, 4.69) is 30.4 Å². The van der Waals surface area contributed by atoms with Gasteiger partial charge in [0.15, 0.2) is 0 Å². The topological polar surface area (TPSA) is 73.8 Å². The van der Waals surface area contributed by atoms with Crippen LogP contribution in [0.25, 0.3) is 22.2 Å². The van der Waals surface area contributed by atoms with Crippen LogP contribution in [-0.2, 0) is 31.9 Å². The summed E-state index contributed by atoms with van der Waals surface area (Å²) >= 11 is 0. The summed E-state index contributed by atoms with van der Waals surface area (Å²) in [5, 5.41) is 7.67. The van der Waals surface area contributed by atoms with Crippen molar-refractivity contribution in [1.29, 1.82) is 0 Å². The number of amides is 1. The summed E-state index contributed by atoms with van der Waals surface area (Å²) in [6.45, 7) is 6.13. The second-order valence-electron chi connectivity index (χ2n) is 7.93. The molecule has 160 valence electrons. The molecule has 0 aliphatic heterocycles. The van der Waals surface area contributed by atoms with Crippen molar-refractivity contribution in [2.75, 3.05) is 5.32 Å². The predicted molar refractivity (Wildman–Crippen MR) is 123 cm³/mol. The number of hydrogen-bond donors (Lipinski definition) is 1. The molecule has 0 saturated carbocycles. The molecule has 0 spiro atoms. The molecular weight excluding hydrogens is 390 g/mol. The average molecular weight is 418 g/mol. The van der Waals surface area contributed by atoms with Crippen molar-refractivity contribution >= 4 is 22.8 Å². The Hall–Kier alpha value is -3.61. The van der Waals surface area contributed by atoms with Gasteiger partial charge in [0.05, 0.1) is 16.7 Å². The van der Waals surface area contributed by atoms with Gasteiger partial charge in [-0.25, -0.2) is 4.79 Å². The Morgan fingerprint density at radius 2 is 1.87 bits per heavy atom. The van der Waals surface area contributed by atoms with Gasteiger partial charge in [-0.1, -0.05) is 35.9 Å². The number of carbonyl (C=O) groups excluding carboxylic acids is 1. The quantitative estimate of drug-likeness (QED) is 0.539. The number of fused-ring (bicyclic) bond motifs is 1. The Labute approximate surface area is 180 Å². The lowest BCUT2D eigenvalue weighted by molar-refractivity contribution is -0.114. The van der Waals surface area contributed by atoms with E-state index in [-0.39, 0.29) is 11.6 Å². The number of rotatable bonds is 5. The molecule has 0 bridgehead atoms. The van der Waals surface area contributed by atoms with Crippen molar-refractivity contribution in [1.82, 2.24) is 18.9 Å². The summed E-state index contributed by atoms with van der Waals surface area (Å²) in [5.41, 5.74) is 6.70. The molecule has 4 aromatic rings. The smallest absolute Gasteiger partial charge is 0.311 e. The lowest BCUT2D eigenvalue weighted by Crippen LogP contribution is -2.21. The fourth-order valence-corrected chi connectivity index (χ4v) is 4.20. The van der Waals surface area contributed by atoms with E-state index in [1.807, 2.05) is 38.2 Å². The number of carbonyl (C=O) groups is 1. The number of benzene rings is 2. The third kappa shape index (κ3) is 3.67. The first-order chi connectivity index (χ1) is 14.8. The van der Waals surface area contributed by atoms with Crippen LogP contribution in [0.2, 0.25) is 0 Å². The number of anilines is 1. The molecule has 0 atom stereocenters. The first-order valence-electron chi connectivity index (χ1n) is 10.4. The van der Waals surface area contributed by atoms with E-state index in [1.54, 1.807) is 20.9 Å². The van der Waals surface area contributed by atoms with Crippen LogP contribution in [-0.4, -0.2) is 24.8 Å². The third-order valence-electron chi connectivity index (χ3n) is 5.62. The standard InChI is InChI=1S/C24H27N5O2/c1-6-29-20-11-10-18(14-21(20)27(4)24(29)31)22-19(13-17-9-7-8-15(2)12-17)26-28(5)23(22)25-16(3)30/h7-12,14H,6,13H2,1-5H3,(H,25,30). The largest absolute Gasteiger partial charge is 0.328 e. The van der Waals surface area contributed by atoms with Crippen LogP contribution in [0.5, 0.6) is 0 Å². The summed E-state index contributed by atoms with van der Waals surface area (Å²) < 4.78 is 5.13. The SMILES string of the molecule is CCn1c(=O)n(C)c2cc(-c3c(Cc4cccc(C)c4)nn(C)c3NC(C)=O)ccc21. The van der Waals surface area contributed by atoms with E-state index in [9.17, 15) is 9.59 Å². The predicted octanol–water partition coefficient (Wildman–Crippen LogP) is 3.62. The summed E-state index contributed by atoms with van der Waals surface area (Å²) in [4.78, 5) is 24.5. The fraction of sp³-hybridized carbons (Fsp3) is 0.292. The molecule has 4 rings (SSSR count). The van der Waals surface area contributed by atoms with Crippen LogP contribution >= 0.6 is 0 Å². The summed E-state index contributed by atoms with van der Waals surface area (Å²) in [6.07, 6.45) is 0.636. The molecule has 7 nitrogen and oxygen atoms in total. The maximum absolute atomic E-state index is 12.6. The molecule has 0 aliphatic carbocycles. The van der Waals surface area contributed by atoms with Gasteiger partial charge in [-0.15, -0.1) is 0 Å².